The van der Waals surface area contributed by atoms with Gasteiger partial charge in [0.2, 0.25) is 5.91 Å². The SMILES string of the molecule is NC1CCCC1C(=O)NCC12CC3CC(CC(C3)C1)C2. The Morgan fingerprint density at radius 1 is 1.05 bits per heavy atom. The largest absolute Gasteiger partial charge is 0.355 e. The molecule has 0 aromatic heterocycles. The molecule has 5 aliphatic carbocycles. The summed E-state index contributed by atoms with van der Waals surface area (Å²) in [6.07, 6.45) is 11.7. The second-order valence-electron chi connectivity index (χ2n) is 8.34. The third-order valence-corrected chi connectivity index (χ3v) is 6.71. The highest BCUT2D eigenvalue weighted by Gasteiger charge is 2.50. The third kappa shape index (κ3) is 2.18. The summed E-state index contributed by atoms with van der Waals surface area (Å²) in [6.45, 7) is 0.929. The van der Waals surface area contributed by atoms with Crippen LogP contribution >= 0.6 is 0 Å². The summed E-state index contributed by atoms with van der Waals surface area (Å²) in [7, 11) is 0. The molecule has 20 heavy (non-hydrogen) atoms. The summed E-state index contributed by atoms with van der Waals surface area (Å²) in [5.41, 5.74) is 6.51. The van der Waals surface area contributed by atoms with Crippen molar-refractivity contribution in [2.75, 3.05) is 6.54 Å². The average Bonchev–Trinajstić information content (AvgIpc) is 2.81. The van der Waals surface area contributed by atoms with E-state index >= 15 is 0 Å². The molecule has 1 amide bonds. The van der Waals surface area contributed by atoms with E-state index in [-0.39, 0.29) is 17.9 Å². The first-order chi connectivity index (χ1) is 9.63. The quantitative estimate of drug-likeness (QED) is 0.832. The Kier molecular flexibility index (Phi) is 3.10. The van der Waals surface area contributed by atoms with E-state index in [1.54, 1.807) is 0 Å². The fraction of sp³-hybridized carbons (Fsp3) is 0.941. The van der Waals surface area contributed by atoms with Gasteiger partial charge in [-0.1, -0.05) is 6.42 Å². The Balaban J connectivity index is 1.38. The first-order valence-corrected chi connectivity index (χ1v) is 8.67. The van der Waals surface area contributed by atoms with Gasteiger partial charge in [-0.15, -0.1) is 0 Å². The van der Waals surface area contributed by atoms with Crippen molar-refractivity contribution < 1.29 is 4.79 Å². The normalized spacial score (nSPS) is 49.5. The van der Waals surface area contributed by atoms with Crippen LogP contribution < -0.4 is 11.1 Å². The lowest BCUT2D eigenvalue weighted by atomic mass is 9.49. The molecule has 5 aliphatic rings. The molecule has 3 N–H and O–H groups in total. The van der Waals surface area contributed by atoms with Crippen molar-refractivity contribution in [3.63, 3.8) is 0 Å². The second kappa shape index (κ2) is 4.72. The Morgan fingerprint density at radius 3 is 2.15 bits per heavy atom. The highest BCUT2D eigenvalue weighted by Crippen LogP contribution is 2.59. The van der Waals surface area contributed by atoms with Gasteiger partial charge in [0.15, 0.2) is 0 Å². The summed E-state index contributed by atoms with van der Waals surface area (Å²) >= 11 is 0. The van der Waals surface area contributed by atoms with Gasteiger partial charge in [-0.2, -0.15) is 0 Å². The monoisotopic (exact) mass is 276 g/mol. The molecule has 2 atom stereocenters. The van der Waals surface area contributed by atoms with Crippen LogP contribution in [-0.4, -0.2) is 18.5 Å². The Bertz CT molecular complexity index is 371. The Labute approximate surface area is 122 Å². The molecule has 0 radical (unpaired) electrons. The van der Waals surface area contributed by atoms with Gasteiger partial charge in [-0.3, -0.25) is 4.79 Å². The molecule has 3 nitrogen and oxygen atoms in total. The molecular formula is C17H28N2O. The molecular weight excluding hydrogens is 248 g/mol. The molecule has 5 fully saturated rings. The van der Waals surface area contributed by atoms with Crippen molar-refractivity contribution in [2.45, 2.75) is 63.8 Å². The van der Waals surface area contributed by atoms with Gasteiger partial charge < -0.3 is 11.1 Å². The topological polar surface area (TPSA) is 55.1 Å². The van der Waals surface area contributed by atoms with Crippen molar-refractivity contribution in [1.29, 1.82) is 0 Å². The van der Waals surface area contributed by atoms with Crippen molar-refractivity contribution in [2.24, 2.45) is 34.8 Å². The number of carbonyl (C=O) groups excluding carboxylic acids is 1. The highest BCUT2D eigenvalue weighted by atomic mass is 16.1. The summed E-state index contributed by atoms with van der Waals surface area (Å²) in [6, 6.07) is 0.103. The molecule has 5 rings (SSSR count). The Hall–Kier alpha value is -0.570. The average molecular weight is 276 g/mol. The van der Waals surface area contributed by atoms with Crippen molar-refractivity contribution in [3.8, 4) is 0 Å². The highest BCUT2D eigenvalue weighted by molar-refractivity contribution is 5.79. The maximum Gasteiger partial charge on any atom is 0.224 e. The van der Waals surface area contributed by atoms with Gasteiger partial charge in [0, 0.05) is 12.6 Å². The first-order valence-electron chi connectivity index (χ1n) is 8.67. The molecule has 0 aromatic carbocycles. The van der Waals surface area contributed by atoms with Crippen LogP contribution in [0.4, 0.5) is 0 Å². The van der Waals surface area contributed by atoms with Crippen LogP contribution in [0.15, 0.2) is 0 Å². The molecule has 0 saturated heterocycles. The lowest BCUT2D eigenvalue weighted by molar-refractivity contribution is -0.127. The van der Waals surface area contributed by atoms with Crippen molar-refractivity contribution >= 4 is 5.91 Å². The standard InChI is InChI=1S/C17H28N2O/c18-15-3-1-2-14(15)16(20)19-10-17-7-11-4-12(8-17)6-13(5-11)9-17/h11-15H,1-10,18H2,(H,19,20). The summed E-state index contributed by atoms with van der Waals surface area (Å²) < 4.78 is 0. The van der Waals surface area contributed by atoms with Crippen LogP contribution in [0.25, 0.3) is 0 Å². The van der Waals surface area contributed by atoms with Crippen LogP contribution in [0.2, 0.25) is 0 Å². The smallest absolute Gasteiger partial charge is 0.224 e. The molecule has 0 heterocycles. The fourth-order valence-corrected chi connectivity index (χ4v) is 6.23. The minimum Gasteiger partial charge on any atom is -0.355 e. The van der Waals surface area contributed by atoms with E-state index in [0.717, 1.165) is 43.6 Å². The molecule has 2 unspecified atom stereocenters. The van der Waals surface area contributed by atoms with Gasteiger partial charge >= 0.3 is 0 Å². The molecule has 112 valence electrons. The molecule has 0 spiro atoms. The number of nitrogens with one attached hydrogen (secondary N) is 1. The predicted molar refractivity (Wildman–Crippen MR) is 78.9 cm³/mol. The number of hydrogen-bond donors (Lipinski definition) is 2. The maximum atomic E-state index is 12.4. The van der Waals surface area contributed by atoms with Crippen LogP contribution in [-0.2, 0) is 4.79 Å². The predicted octanol–water partition coefficient (Wildman–Crippen LogP) is 2.45. The van der Waals surface area contributed by atoms with E-state index in [1.807, 2.05) is 0 Å². The van der Waals surface area contributed by atoms with Gasteiger partial charge in [0.05, 0.1) is 5.92 Å². The minimum atomic E-state index is 0.0870. The number of hydrogen-bond acceptors (Lipinski definition) is 2. The van der Waals surface area contributed by atoms with E-state index in [2.05, 4.69) is 5.32 Å². The zero-order valence-corrected chi connectivity index (χ0v) is 12.4. The summed E-state index contributed by atoms with van der Waals surface area (Å²) in [4.78, 5) is 12.4. The molecule has 5 saturated carbocycles. The zero-order valence-electron chi connectivity index (χ0n) is 12.4. The van der Waals surface area contributed by atoms with E-state index in [9.17, 15) is 4.79 Å². The van der Waals surface area contributed by atoms with Crippen molar-refractivity contribution in [3.05, 3.63) is 0 Å². The first kappa shape index (κ1) is 13.1. The Morgan fingerprint density at radius 2 is 1.65 bits per heavy atom. The van der Waals surface area contributed by atoms with Gasteiger partial charge in [0.25, 0.3) is 0 Å². The number of carbonyl (C=O) groups is 1. The van der Waals surface area contributed by atoms with Gasteiger partial charge in [0.1, 0.15) is 0 Å². The molecule has 3 heteroatoms. The van der Waals surface area contributed by atoms with E-state index in [4.69, 9.17) is 5.73 Å². The van der Waals surface area contributed by atoms with Crippen LogP contribution in [0.5, 0.6) is 0 Å². The lowest BCUT2D eigenvalue weighted by Crippen LogP contribution is -2.52. The number of nitrogens with two attached hydrogens (primary N) is 1. The lowest BCUT2D eigenvalue weighted by Gasteiger charge is -2.57. The summed E-state index contributed by atoms with van der Waals surface area (Å²) in [5, 5.41) is 3.29. The van der Waals surface area contributed by atoms with E-state index in [1.165, 1.54) is 38.5 Å². The molecule has 4 bridgehead atoms. The second-order valence-corrected chi connectivity index (χ2v) is 8.34. The van der Waals surface area contributed by atoms with E-state index < -0.39 is 0 Å². The number of amides is 1. The van der Waals surface area contributed by atoms with Crippen LogP contribution in [0.1, 0.15) is 57.8 Å². The van der Waals surface area contributed by atoms with E-state index in [0.29, 0.717) is 5.41 Å². The van der Waals surface area contributed by atoms with Crippen molar-refractivity contribution in [1.82, 2.24) is 5.32 Å². The molecule has 0 aromatic rings. The molecule has 0 aliphatic heterocycles. The summed E-state index contributed by atoms with van der Waals surface area (Å²) in [5.74, 6) is 3.22. The van der Waals surface area contributed by atoms with Gasteiger partial charge in [-0.05, 0) is 74.5 Å². The van der Waals surface area contributed by atoms with Crippen LogP contribution in [0.3, 0.4) is 0 Å². The van der Waals surface area contributed by atoms with Crippen LogP contribution in [0, 0.1) is 29.1 Å². The third-order valence-electron chi connectivity index (χ3n) is 6.71. The fourth-order valence-electron chi connectivity index (χ4n) is 6.23. The minimum absolute atomic E-state index is 0.0870. The maximum absolute atomic E-state index is 12.4. The zero-order chi connectivity index (χ0) is 13.7. The van der Waals surface area contributed by atoms with Gasteiger partial charge in [-0.25, -0.2) is 0 Å². The number of rotatable bonds is 3.